The molecule has 1 unspecified atom stereocenters. The third kappa shape index (κ3) is 8.97. The van der Waals surface area contributed by atoms with E-state index in [1.165, 1.54) is 57.8 Å². The molecule has 3 heteroatoms. The Morgan fingerprint density at radius 2 is 1.66 bits per heavy atom. The number of benzene rings is 1. The first-order valence-corrected chi connectivity index (χ1v) is 11.8. The van der Waals surface area contributed by atoms with E-state index in [1.54, 1.807) is 0 Å². The zero-order valence-electron chi connectivity index (χ0n) is 18.8. The molecular weight excluding hydrogens is 356 g/mol. The lowest BCUT2D eigenvalue weighted by Crippen LogP contribution is -2.03. The van der Waals surface area contributed by atoms with Crippen LogP contribution < -0.4 is 4.74 Å². The molecule has 0 bridgehead atoms. The molecule has 0 N–H and O–H groups in total. The Hall–Kier alpha value is -1.90. The molecule has 0 saturated carbocycles. The third-order valence-corrected chi connectivity index (χ3v) is 5.67. The molecule has 0 radical (unpaired) electrons. The van der Waals surface area contributed by atoms with Gasteiger partial charge in [-0.3, -0.25) is 0 Å². The van der Waals surface area contributed by atoms with Gasteiger partial charge in [0, 0.05) is 11.9 Å². The highest BCUT2D eigenvalue weighted by Gasteiger charge is 2.10. The molecule has 0 aliphatic heterocycles. The van der Waals surface area contributed by atoms with E-state index in [0.717, 1.165) is 48.2 Å². The Balaban J connectivity index is 1.87. The average Bonchev–Trinajstić information content (AvgIpc) is 2.76. The first-order chi connectivity index (χ1) is 14.2. The third-order valence-electron chi connectivity index (χ3n) is 5.67. The van der Waals surface area contributed by atoms with Gasteiger partial charge < -0.3 is 4.74 Å². The number of aryl methyl sites for hydroxylation is 1. The number of hydrogen-bond acceptors (Lipinski definition) is 3. The molecule has 0 aliphatic rings. The van der Waals surface area contributed by atoms with E-state index in [2.05, 4.69) is 37.9 Å². The van der Waals surface area contributed by atoms with Crippen LogP contribution in [0.5, 0.6) is 5.75 Å². The summed E-state index contributed by atoms with van der Waals surface area (Å²) in [5.41, 5.74) is 2.13. The molecule has 2 aromatic rings. The quantitative estimate of drug-likeness (QED) is 0.290. The highest BCUT2D eigenvalue weighted by molar-refractivity contribution is 5.63. The van der Waals surface area contributed by atoms with Crippen molar-refractivity contribution in [2.75, 3.05) is 6.61 Å². The van der Waals surface area contributed by atoms with Gasteiger partial charge >= 0.3 is 0 Å². The van der Waals surface area contributed by atoms with Gasteiger partial charge in [0.2, 0.25) is 0 Å². The van der Waals surface area contributed by atoms with Gasteiger partial charge in [0.25, 0.3) is 0 Å². The van der Waals surface area contributed by atoms with E-state index in [1.807, 2.05) is 24.4 Å². The average molecular weight is 397 g/mol. The summed E-state index contributed by atoms with van der Waals surface area (Å²) in [6, 6.07) is 10.2. The molecule has 0 spiro atoms. The number of hydrogen-bond donors (Lipinski definition) is 0. The van der Waals surface area contributed by atoms with E-state index >= 15 is 0 Å². The fraction of sp³-hybridized carbons (Fsp3) is 0.615. The van der Waals surface area contributed by atoms with Crippen molar-refractivity contribution in [2.24, 2.45) is 5.92 Å². The zero-order valence-corrected chi connectivity index (χ0v) is 18.8. The Kier molecular flexibility index (Phi) is 11.4. The second-order valence-corrected chi connectivity index (χ2v) is 8.24. The van der Waals surface area contributed by atoms with Crippen LogP contribution in [0.3, 0.4) is 0 Å². The topological polar surface area (TPSA) is 35.0 Å². The molecule has 0 aliphatic carbocycles. The normalized spacial score (nSPS) is 12.1. The van der Waals surface area contributed by atoms with Crippen LogP contribution in [0.4, 0.5) is 0 Å². The van der Waals surface area contributed by atoms with Gasteiger partial charge in [-0.05, 0) is 49.8 Å². The number of nitrogens with zero attached hydrogens (tertiary/aromatic N) is 2. The monoisotopic (exact) mass is 396 g/mol. The van der Waals surface area contributed by atoms with E-state index in [9.17, 15) is 0 Å². The zero-order chi connectivity index (χ0) is 20.7. The maximum Gasteiger partial charge on any atom is 0.163 e. The Morgan fingerprint density at radius 1 is 0.897 bits per heavy atom. The van der Waals surface area contributed by atoms with E-state index in [-0.39, 0.29) is 0 Å². The minimum atomic E-state index is 0.749. The van der Waals surface area contributed by atoms with Crippen LogP contribution in [0.25, 0.3) is 11.4 Å². The lowest BCUT2D eigenvalue weighted by Gasteiger charge is -2.12. The summed E-state index contributed by atoms with van der Waals surface area (Å²) in [6.45, 7) is 7.57. The molecular formula is C26H40N2O. The number of rotatable bonds is 15. The smallest absolute Gasteiger partial charge is 0.163 e. The van der Waals surface area contributed by atoms with Gasteiger partial charge in [-0.1, -0.05) is 77.8 Å². The lowest BCUT2D eigenvalue weighted by molar-refractivity contribution is 0.295. The summed E-state index contributed by atoms with van der Waals surface area (Å²) in [6.07, 6.45) is 15.7. The molecule has 0 saturated heterocycles. The van der Waals surface area contributed by atoms with Gasteiger partial charge in [-0.2, -0.15) is 0 Å². The standard InChI is InChI=1S/C26H40N2O/c1-4-6-7-8-9-10-11-16-23-19-20-27-26(28-23)24-17-12-13-18-25(24)29-21-14-15-22(3)5-2/h12-13,17-20,22H,4-11,14-16,21H2,1-3H3. The first-order valence-electron chi connectivity index (χ1n) is 11.8. The second-order valence-electron chi connectivity index (χ2n) is 8.24. The van der Waals surface area contributed by atoms with E-state index < -0.39 is 0 Å². The summed E-state index contributed by atoms with van der Waals surface area (Å²) in [7, 11) is 0. The molecule has 0 amide bonds. The summed E-state index contributed by atoms with van der Waals surface area (Å²) in [5, 5.41) is 0. The van der Waals surface area contributed by atoms with E-state index in [4.69, 9.17) is 9.72 Å². The largest absolute Gasteiger partial charge is 0.493 e. The number of ether oxygens (including phenoxy) is 1. The van der Waals surface area contributed by atoms with Crippen molar-refractivity contribution in [3.63, 3.8) is 0 Å². The Morgan fingerprint density at radius 3 is 2.45 bits per heavy atom. The fourth-order valence-electron chi connectivity index (χ4n) is 3.52. The molecule has 3 nitrogen and oxygen atoms in total. The van der Waals surface area contributed by atoms with Crippen LogP contribution in [0, 0.1) is 5.92 Å². The van der Waals surface area contributed by atoms with Crippen molar-refractivity contribution in [2.45, 2.75) is 91.4 Å². The lowest BCUT2D eigenvalue weighted by atomic mass is 10.0. The van der Waals surface area contributed by atoms with Crippen LogP contribution >= 0.6 is 0 Å². The number of unbranched alkanes of at least 4 members (excludes halogenated alkanes) is 6. The van der Waals surface area contributed by atoms with Crippen LogP contribution in [0.1, 0.15) is 90.7 Å². The molecule has 29 heavy (non-hydrogen) atoms. The van der Waals surface area contributed by atoms with E-state index in [0.29, 0.717) is 0 Å². The van der Waals surface area contributed by atoms with Crippen LogP contribution in [-0.4, -0.2) is 16.6 Å². The maximum atomic E-state index is 6.09. The first kappa shape index (κ1) is 23.4. The highest BCUT2D eigenvalue weighted by atomic mass is 16.5. The van der Waals surface area contributed by atoms with Crippen molar-refractivity contribution >= 4 is 0 Å². The number of aromatic nitrogens is 2. The second kappa shape index (κ2) is 14.1. The highest BCUT2D eigenvalue weighted by Crippen LogP contribution is 2.27. The summed E-state index contributed by atoms with van der Waals surface area (Å²) in [5.74, 6) is 2.44. The summed E-state index contributed by atoms with van der Waals surface area (Å²) < 4.78 is 6.09. The van der Waals surface area contributed by atoms with Crippen LogP contribution in [0.15, 0.2) is 36.5 Å². The Labute approximate surface area is 178 Å². The van der Waals surface area contributed by atoms with Gasteiger partial charge in [-0.15, -0.1) is 0 Å². The minimum absolute atomic E-state index is 0.749. The Bertz CT molecular complexity index is 686. The predicted molar refractivity (Wildman–Crippen MR) is 123 cm³/mol. The van der Waals surface area contributed by atoms with Gasteiger partial charge in [0.15, 0.2) is 5.82 Å². The molecule has 2 rings (SSSR count). The van der Waals surface area contributed by atoms with Crippen molar-refractivity contribution in [3.05, 3.63) is 42.2 Å². The molecule has 1 aromatic carbocycles. The predicted octanol–water partition coefficient (Wildman–Crippen LogP) is 7.64. The summed E-state index contributed by atoms with van der Waals surface area (Å²) in [4.78, 5) is 9.36. The molecule has 1 atom stereocenters. The molecule has 0 fully saturated rings. The van der Waals surface area contributed by atoms with Gasteiger partial charge in [-0.25, -0.2) is 9.97 Å². The number of para-hydroxylation sites is 1. The molecule has 1 heterocycles. The maximum absolute atomic E-state index is 6.09. The van der Waals surface area contributed by atoms with Crippen LogP contribution in [0.2, 0.25) is 0 Å². The van der Waals surface area contributed by atoms with Crippen molar-refractivity contribution in [3.8, 4) is 17.1 Å². The SMILES string of the molecule is CCCCCCCCCc1ccnc(-c2ccccc2OCCCC(C)CC)n1. The minimum Gasteiger partial charge on any atom is -0.493 e. The van der Waals surface area contributed by atoms with Crippen LogP contribution in [-0.2, 0) is 6.42 Å². The molecule has 160 valence electrons. The van der Waals surface area contributed by atoms with Crippen molar-refractivity contribution in [1.82, 2.24) is 9.97 Å². The van der Waals surface area contributed by atoms with Crippen molar-refractivity contribution < 1.29 is 4.74 Å². The van der Waals surface area contributed by atoms with Gasteiger partial charge in [0.05, 0.1) is 12.2 Å². The summed E-state index contributed by atoms with van der Waals surface area (Å²) >= 11 is 0. The van der Waals surface area contributed by atoms with Gasteiger partial charge in [0.1, 0.15) is 5.75 Å². The van der Waals surface area contributed by atoms with Crippen molar-refractivity contribution in [1.29, 1.82) is 0 Å². The fourth-order valence-corrected chi connectivity index (χ4v) is 3.52. The molecule has 1 aromatic heterocycles.